The van der Waals surface area contributed by atoms with E-state index in [0.29, 0.717) is 23.5 Å². The average molecular weight is 459 g/mol. The molecule has 0 aliphatic heterocycles. The second-order valence-electron chi connectivity index (χ2n) is 7.69. The molecule has 0 saturated heterocycles. The Morgan fingerprint density at radius 3 is 2.45 bits per heavy atom. The fraction of sp³-hybridized carbons (Fsp3) is 0.292. The predicted octanol–water partition coefficient (Wildman–Crippen LogP) is 5.19. The smallest absolute Gasteiger partial charge is 0.416 e. The van der Waals surface area contributed by atoms with E-state index in [1.165, 1.54) is 19.1 Å². The number of nitrogens with one attached hydrogen (secondary N) is 2. The van der Waals surface area contributed by atoms with E-state index < -0.39 is 11.7 Å². The highest BCUT2D eigenvalue weighted by Gasteiger charge is 2.29. The summed E-state index contributed by atoms with van der Waals surface area (Å²) in [7, 11) is 0. The van der Waals surface area contributed by atoms with E-state index in [1.54, 1.807) is 24.3 Å². The van der Waals surface area contributed by atoms with Gasteiger partial charge in [0, 0.05) is 24.4 Å². The summed E-state index contributed by atoms with van der Waals surface area (Å²) in [6, 6.07) is 13.7. The molecule has 1 amide bonds. The molecule has 0 saturated carbocycles. The summed E-state index contributed by atoms with van der Waals surface area (Å²) >= 11 is 0. The molecule has 1 heterocycles. The molecule has 0 bridgehead atoms. The number of ether oxygens (including phenoxy) is 1. The molecule has 0 unspecified atom stereocenters. The normalized spacial score (nSPS) is 12.3. The first-order valence-electron chi connectivity index (χ1n) is 10.4. The zero-order chi connectivity index (χ0) is 24.0. The second kappa shape index (κ2) is 10.3. The van der Waals surface area contributed by atoms with Gasteiger partial charge in [0.2, 0.25) is 5.91 Å². The number of alkyl halides is 3. The van der Waals surface area contributed by atoms with Gasteiger partial charge in [-0.1, -0.05) is 12.1 Å². The molecular weight excluding hydrogens is 435 g/mol. The highest BCUT2D eigenvalue weighted by Crippen LogP contribution is 2.29. The lowest BCUT2D eigenvalue weighted by Crippen LogP contribution is -2.23. The van der Waals surface area contributed by atoms with Crippen molar-refractivity contribution in [2.75, 3.05) is 17.2 Å². The molecule has 2 N–H and O–H groups in total. The van der Waals surface area contributed by atoms with E-state index >= 15 is 0 Å². The number of nitrogens with zero attached hydrogens (tertiary/aromatic N) is 1. The molecule has 3 rings (SSSR count). The van der Waals surface area contributed by atoms with Crippen LogP contribution in [0.25, 0.3) is 10.9 Å². The number of carbonyl (C=O) groups is 2. The number of pyridine rings is 1. The van der Waals surface area contributed by atoms with Crippen molar-refractivity contribution in [3.05, 3.63) is 65.7 Å². The Morgan fingerprint density at radius 2 is 1.79 bits per heavy atom. The number of esters is 1. The maximum atomic E-state index is 12.6. The van der Waals surface area contributed by atoms with Crippen LogP contribution in [0.15, 0.2) is 54.6 Å². The third kappa shape index (κ3) is 7.20. The van der Waals surface area contributed by atoms with Gasteiger partial charge in [-0.3, -0.25) is 9.59 Å². The van der Waals surface area contributed by atoms with E-state index in [9.17, 15) is 22.8 Å². The maximum absolute atomic E-state index is 12.6. The Morgan fingerprint density at radius 1 is 1.06 bits per heavy atom. The molecule has 0 fully saturated rings. The van der Waals surface area contributed by atoms with E-state index in [2.05, 4.69) is 15.6 Å². The van der Waals surface area contributed by atoms with Crippen molar-refractivity contribution in [1.29, 1.82) is 0 Å². The standard InChI is InChI=1S/C24H24F3N3O3/c1-15(14-33-16(2)31)28-22-11-6-18-13-20(9-10-21(18)30-22)29-23(32)12-5-17-3-7-19(8-4-17)24(25,26)27/h3-4,6-11,13,15H,5,12,14H2,1-2H3,(H,28,30)(H,29,32)/t15-/m1/s1. The van der Waals surface area contributed by atoms with Gasteiger partial charge in [0.05, 0.1) is 17.1 Å². The lowest BCUT2D eigenvalue weighted by atomic mass is 10.1. The Labute approximate surface area is 189 Å². The van der Waals surface area contributed by atoms with Crippen LogP contribution in [0.2, 0.25) is 0 Å². The van der Waals surface area contributed by atoms with Crippen molar-refractivity contribution >= 4 is 34.3 Å². The molecule has 1 aromatic heterocycles. The van der Waals surface area contributed by atoms with Crippen LogP contribution in [0.4, 0.5) is 24.7 Å². The maximum Gasteiger partial charge on any atom is 0.416 e. The minimum Gasteiger partial charge on any atom is -0.464 e. The monoisotopic (exact) mass is 459 g/mol. The van der Waals surface area contributed by atoms with Crippen LogP contribution >= 0.6 is 0 Å². The summed E-state index contributed by atoms with van der Waals surface area (Å²) in [6.45, 7) is 3.46. The van der Waals surface area contributed by atoms with Gasteiger partial charge in [-0.05, 0) is 61.4 Å². The van der Waals surface area contributed by atoms with E-state index in [1.807, 2.05) is 13.0 Å². The number of rotatable bonds is 8. The van der Waals surface area contributed by atoms with Gasteiger partial charge in [-0.15, -0.1) is 0 Å². The first-order valence-corrected chi connectivity index (χ1v) is 10.4. The van der Waals surface area contributed by atoms with Crippen LogP contribution in [-0.2, 0) is 26.9 Å². The fourth-order valence-electron chi connectivity index (χ4n) is 3.16. The Balaban J connectivity index is 1.55. The number of carbonyl (C=O) groups excluding carboxylic acids is 2. The van der Waals surface area contributed by atoms with Crippen LogP contribution in [-0.4, -0.2) is 29.5 Å². The summed E-state index contributed by atoms with van der Waals surface area (Å²) in [4.78, 5) is 27.7. The molecule has 0 spiro atoms. The lowest BCUT2D eigenvalue weighted by molar-refractivity contribution is -0.141. The first kappa shape index (κ1) is 24.0. The van der Waals surface area contributed by atoms with Gasteiger partial charge in [0.15, 0.2) is 0 Å². The summed E-state index contributed by atoms with van der Waals surface area (Å²) < 4.78 is 42.9. The summed E-state index contributed by atoms with van der Waals surface area (Å²) in [5, 5.41) is 6.79. The quantitative estimate of drug-likeness (QED) is 0.453. The van der Waals surface area contributed by atoms with Crippen LogP contribution < -0.4 is 10.6 Å². The lowest BCUT2D eigenvalue weighted by Gasteiger charge is -2.14. The molecule has 3 aromatic rings. The predicted molar refractivity (Wildman–Crippen MR) is 120 cm³/mol. The number of fused-ring (bicyclic) bond motifs is 1. The summed E-state index contributed by atoms with van der Waals surface area (Å²) in [6.07, 6.45) is -3.90. The van der Waals surface area contributed by atoms with Gasteiger partial charge in [-0.2, -0.15) is 13.2 Å². The molecular formula is C24H24F3N3O3. The van der Waals surface area contributed by atoms with Crippen LogP contribution in [0, 0.1) is 0 Å². The molecule has 9 heteroatoms. The molecule has 0 radical (unpaired) electrons. The topological polar surface area (TPSA) is 80.3 Å². The number of benzene rings is 2. The van der Waals surface area contributed by atoms with Crippen molar-refractivity contribution < 1.29 is 27.5 Å². The Kier molecular flexibility index (Phi) is 7.52. The number of aryl methyl sites for hydroxylation is 1. The SMILES string of the molecule is CC(=O)OC[C@@H](C)Nc1ccc2cc(NC(=O)CCc3ccc(C(F)(F)F)cc3)ccc2n1. The summed E-state index contributed by atoms with van der Waals surface area (Å²) in [5.74, 6) is 0.0549. The third-order valence-electron chi connectivity index (χ3n) is 4.83. The molecule has 33 heavy (non-hydrogen) atoms. The minimum atomic E-state index is -4.38. The molecule has 1 atom stereocenters. The van der Waals surface area contributed by atoms with Gasteiger partial charge in [-0.25, -0.2) is 4.98 Å². The zero-order valence-electron chi connectivity index (χ0n) is 18.2. The molecule has 0 aliphatic rings. The van der Waals surface area contributed by atoms with Crippen LogP contribution in [0.3, 0.4) is 0 Å². The number of amides is 1. The second-order valence-corrected chi connectivity index (χ2v) is 7.69. The van der Waals surface area contributed by atoms with Crippen molar-refractivity contribution in [2.45, 2.75) is 38.9 Å². The van der Waals surface area contributed by atoms with Gasteiger partial charge >= 0.3 is 12.1 Å². The van der Waals surface area contributed by atoms with Crippen LogP contribution in [0.1, 0.15) is 31.4 Å². The van der Waals surface area contributed by atoms with Gasteiger partial charge in [0.25, 0.3) is 0 Å². The third-order valence-corrected chi connectivity index (χ3v) is 4.83. The Bertz CT molecular complexity index is 1130. The van der Waals surface area contributed by atoms with Crippen molar-refractivity contribution in [3.8, 4) is 0 Å². The van der Waals surface area contributed by atoms with Crippen LogP contribution in [0.5, 0.6) is 0 Å². The largest absolute Gasteiger partial charge is 0.464 e. The number of anilines is 2. The number of aromatic nitrogens is 1. The fourth-order valence-corrected chi connectivity index (χ4v) is 3.16. The number of hydrogen-bond acceptors (Lipinski definition) is 5. The highest BCUT2D eigenvalue weighted by molar-refractivity contribution is 5.94. The van der Waals surface area contributed by atoms with Crippen molar-refractivity contribution in [2.24, 2.45) is 0 Å². The summed E-state index contributed by atoms with van der Waals surface area (Å²) in [5.41, 5.74) is 1.27. The molecule has 2 aromatic carbocycles. The molecule has 174 valence electrons. The number of halogens is 3. The van der Waals surface area contributed by atoms with E-state index in [-0.39, 0.29) is 30.9 Å². The highest BCUT2D eigenvalue weighted by atomic mass is 19.4. The average Bonchev–Trinajstić information content (AvgIpc) is 2.76. The first-order chi connectivity index (χ1) is 15.6. The van der Waals surface area contributed by atoms with Crippen molar-refractivity contribution in [3.63, 3.8) is 0 Å². The van der Waals surface area contributed by atoms with Crippen molar-refractivity contribution in [1.82, 2.24) is 4.98 Å². The van der Waals surface area contributed by atoms with Gasteiger partial charge in [0.1, 0.15) is 12.4 Å². The number of hydrogen-bond donors (Lipinski definition) is 2. The van der Waals surface area contributed by atoms with E-state index in [0.717, 1.165) is 23.0 Å². The van der Waals surface area contributed by atoms with Gasteiger partial charge < -0.3 is 15.4 Å². The Hall–Kier alpha value is -3.62. The molecule has 0 aliphatic carbocycles. The van der Waals surface area contributed by atoms with E-state index in [4.69, 9.17) is 4.74 Å². The minimum absolute atomic E-state index is 0.109. The zero-order valence-corrected chi connectivity index (χ0v) is 18.2. The molecule has 6 nitrogen and oxygen atoms in total.